The van der Waals surface area contributed by atoms with Gasteiger partial charge in [-0.05, 0) is 25.0 Å². The molecule has 1 atom stereocenters. The minimum Gasteiger partial charge on any atom is -0.385 e. The van der Waals surface area contributed by atoms with Crippen LogP contribution in [0.1, 0.15) is 30.1 Å². The topological polar surface area (TPSA) is 48.1 Å². The molecule has 0 aliphatic heterocycles. The van der Waals surface area contributed by atoms with Gasteiger partial charge in [-0.2, -0.15) is 13.2 Å². The highest BCUT2D eigenvalue weighted by Crippen LogP contribution is 2.29. The van der Waals surface area contributed by atoms with E-state index < -0.39 is 11.7 Å². The van der Waals surface area contributed by atoms with Crippen molar-refractivity contribution >= 4 is 0 Å². The molecule has 3 nitrogen and oxygen atoms in total. The fourth-order valence-electron chi connectivity index (χ4n) is 1.39. The van der Waals surface area contributed by atoms with Crippen LogP contribution in [-0.2, 0) is 10.9 Å². The van der Waals surface area contributed by atoms with E-state index in [1.54, 1.807) is 7.11 Å². The molecule has 6 heteroatoms. The Hall–Kier alpha value is -1.14. The molecule has 0 saturated heterocycles. The molecule has 0 bridgehead atoms. The van der Waals surface area contributed by atoms with E-state index in [1.165, 1.54) is 6.07 Å². The highest BCUT2D eigenvalue weighted by molar-refractivity contribution is 5.18. The molecule has 0 fully saturated rings. The van der Waals surface area contributed by atoms with Gasteiger partial charge in [0.25, 0.3) is 0 Å². The van der Waals surface area contributed by atoms with Crippen molar-refractivity contribution in [2.45, 2.75) is 25.1 Å². The Labute approximate surface area is 97.8 Å². The molecule has 96 valence electrons. The molecule has 0 aromatic carbocycles. The van der Waals surface area contributed by atoms with Gasteiger partial charge in [-0.1, -0.05) is 0 Å². The van der Waals surface area contributed by atoms with Crippen molar-refractivity contribution in [3.63, 3.8) is 0 Å². The summed E-state index contributed by atoms with van der Waals surface area (Å²) in [5.74, 6) is 0. The normalized spacial score (nSPS) is 13.7. The fraction of sp³-hybridized carbons (Fsp3) is 0.545. The van der Waals surface area contributed by atoms with Gasteiger partial charge in [0.1, 0.15) is 0 Å². The SMILES string of the molecule is COCCCC(N)c1ccc(C(F)(F)F)cn1. The first-order valence-electron chi connectivity index (χ1n) is 5.23. The standard InChI is InChI=1S/C11H15F3N2O/c1-17-6-2-3-9(15)10-5-4-8(7-16-10)11(12,13)14/h4-5,7,9H,2-3,6,15H2,1H3. The maximum Gasteiger partial charge on any atom is 0.417 e. The minimum absolute atomic E-state index is 0.354. The first kappa shape index (κ1) is 13.9. The largest absolute Gasteiger partial charge is 0.417 e. The van der Waals surface area contributed by atoms with E-state index in [9.17, 15) is 13.2 Å². The third-order valence-electron chi connectivity index (χ3n) is 2.36. The van der Waals surface area contributed by atoms with Crippen LogP contribution >= 0.6 is 0 Å². The molecule has 1 aromatic rings. The fourth-order valence-corrected chi connectivity index (χ4v) is 1.39. The maximum atomic E-state index is 12.3. The molecule has 1 aromatic heterocycles. The summed E-state index contributed by atoms with van der Waals surface area (Å²) in [6, 6.07) is 1.96. The van der Waals surface area contributed by atoms with Crippen molar-refractivity contribution in [1.82, 2.24) is 4.98 Å². The van der Waals surface area contributed by atoms with Gasteiger partial charge >= 0.3 is 6.18 Å². The van der Waals surface area contributed by atoms with E-state index in [1.807, 2.05) is 0 Å². The second kappa shape index (κ2) is 5.97. The number of rotatable bonds is 5. The van der Waals surface area contributed by atoms with Gasteiger partial charge in [0.2, 0.25) is 0 Å². The van der Waals surface area contributed by atoms with Crippen LogP contribution in [0.4, 0.5) is 13.2 Å². The lowest BCUT2D eigenvalue weighted by molar-refractivity contribution is -0.137. The Morgan fingerprint density at radius 3 is 2.59 bits per heavy atom. The highest BCUT2D eigenvalue weighted by atomic mass is 19.4. The lowest BCUT2D eigenvalue weighted by Crippen LogP contribution is -2.14. The molecule has 0 saturated carbocycles. The number of nitrogens with zero attached hydrogens (tertiary/aromatic N) is 1. The number of hydrogen-bond donors (Lipinski definition) is 1. The summed E-state index contributed by atoms with van der Waals surface area (Å²) < 4.78 is 41.7. The van der Waals surface area contributed by atoms with Crippen LogP contribution < -0.4 is 5.73 Å². The molecule has 0 amide bonds. The molecule has 17 heavy (non-hydrogen) atoms. The molecule has 1 rings (SSSR count). The first-order valence-corrected chi connectivity index (χ1v) is 5.23. The van der Waals surface area contributed by atoms with E-state index in [4.69, 9.17) is 10.5 Å². The van der Waals surface area contributed by atoms with Crippen LogP contribution in [0.3, 0.4) is 0 Å². The quantitative estimate of drug-likeness (QED) is 0.814. The zero-order valence-electron chi connectivity index (χ0n) is 9.50. The first-order chi connectivity index (χ1) is 7.95. The summed E-state index contributed by atoms with van der Waals surface area (Å²) in [6.07, 6.45) is -2.16. The third kappa shape index (κ3) is 4.32. The summed E-state index contributed by atoms with van der Waals surface area (Å²) in [5, 5.41) is 0. The Kier molecular flexibility index (Phi) is 4.89. The smallest absolute Gasteiger partial charge is 0.385 e. The number of methoxy groups -OCH3 is 1. The van der Waals surface area contributed by atoms with Crippen LogP contribution in [-0.4, -0.2) is 18.7 Å². The molecular formula is C11H15F3N2O. The van der Waals surface area contributed by atoms with E-state index >= 15 is 0 Å². The van der Waals surface area contributed by atoms with Crippen LogP contribution in [0.2, 0.25) is 0 Å². The molecular weight excluding hydrogens is 233 g/mol. The van der Waals surface area contributed by atoms with Crippen LogP contribution in [0.25, 0.3) is 0 Å². The number of halogens is 3. The Morgan fingerprint density at radius 2 is 2.12 bits per heavy atom. The average Bonchev–Trinajstić information content (AvgIpc) is 2.28. The molecule has 0 aliphatic rings. The zero-order chi connectivity index (χ0) is 12.9. The summed E-state index contributed by atoms with van der Waals surface area (Å²) in [7, 11) is 1.59. The van der Waals surface area contributed by atoms with Gasteiger partial charge in [0.15, 0.2) is 0 Å². The Balaban J connectivity index is 2.61. The van der Waals surface area contributed by atoms with Gasteiger partial charge in [-0.3, -0.25) is 4.98 Å². The average molecular weight is 248 g/mol. The molecule has 1 unspecified atom stereocenters. The van der Waals surface area contributed by atoms with Gasteiger partial charge < -0.3 is 10.5 Å². The number of pyridine rings is 1. The van der Waals surface area contributed by atoms with Crippen LogP contribution in [0.15, 0.2) is 18.3 Å². The van der Waals surface area contributed by atoms with E-state index in [2.05, 4.69) is 4.98 Å². The summed E-state index contributed by atoms with van der Waals surface area (Å²) >= 11 is 0. The van der Waals surface area contributed by atoms with Crippen molar-refractivity contribution < 1.29 is 17.9 Å². The monoisotopic (exact) mass is 248 g/mol. The Bertz CT molecular complexity index is 338. The third-order valence-corrected chi connectivity index (χ3v) is 2.36. The van der Waals surface area contributed by atoms with Crippen molar-refractivity contribution in [3.8, 4) is 0 Å². The molecule has 0 spiro atoms. The second-order valence-corrected chi connectivity index (χ2v) is 3.71. The van der Waals surface area contributed by atoms with Gasteiger partial charge in [0, 0.05) is 26.0 Å². The minimum atomic E-state index is -4.36. The Morgan fingerprint density at radius 1 is 1.41 bits per heavy atom. The number of ether oxygens (including phenoxy) is 1. The number of hydrogen-bond acceptors (Lipinski definition) is 3. The molecule has 2 N–H and O–H groups in total. The summed E-state index contributed by atoms with van der Waals surface area (Å²) in [5.41, 5.74) is 5.50. The van der Waals surface area contributed by atoms with E-state index in [0.717, 1.165) is 18.7 Å². The predicted molar refractivity (Wildman–Crippen MR) is 57.3 cm³/mol. The van der Waals surface area contributed by atoms with Crippen molar-refractivity contribution in [2.75, 3.05) is 13.7 Å². The van der Waals surface area contributed by atoms with Gasteiger partial charge in [0.05, 0.1) is 11.3 Å². The molecule has 1 heterocycles. The maximum absolute atomic E-state index is 12.3. The summed E-state index contributed by atoms with van der Waals surface area (Å²) in [6.45, 7) is 0.578. The van der Waals surface area contributed by atoms with E-state index in [0.29, 0.717) is 18.7 Å². The highest BCUT2D eigenvalue weighted by Gasteiger charge is 2.30. The van der Waals surface area contributed by atoms with Gasteiger partial charge in [-0.25, -0.2) is 0 Å². The lowest BCUT2D eigenvalue weighted by atomic mass is 10.1. The lowest BCUT2D eigenvalue weighted by Gasteiger charge is -2.12. The van der Waals surface area contributed by atoms with Crippen molar-refractivity contribution in [1.29, 1.82) is 0 Å². The zero-order valence-corrected chi connectivity index (χ0v) is 9.50. The summed E-state index contributed by atoms with van der Waals surface area (Å²) in [4.78, 5) is 3.74. The number of aromatic nitrogens is 1. The van der Waals surface area contributed by atoms with Crippen molar-refractivity contribution in [3.05, 3.63) is 29.6 Å². The number of alkyl halides is 3. The number of nitrogens with two attached hydrogens (primary N) is 1. The molecule has 0 radical (unpaired) electrons. The van der Waals surface area contributed by atoms with E-state index in [-0.39, 0.29) is 6.04 Å². The second-order valence-electron chi connectivity index (χ2n) is 3.71. The molecule has 0 aliphatic carbocycles. The van der Waals surface area contributed by atoms with Gasteiger partial charge in [-0.15, -0.1) is 0 Å². The predicted octanol–water partition coefficient (Wildman–Crippen LogP) is 2.53. The van der Waals surface area contributed by atoms with Crippen LogP contribution in [0, 0.1) is 0 Å². The van der Waals surface area contributed by atoms with Crippen LogP contribution in [0.5, 0.6) is 0 Å². The van der Waals surface area contributed by atoms with Crippen molar-refractivity contribution in [2.24, 2.45) is 5.73 Å².